The van der Waals surface area contributed by atoms with Crippen molar-refractivity contribution in [1.82, 2.24) is 9.80 Å². The van der Waals surface area contributed by atoms with Crippen LogP contribution in [0.1, 0.15) is 55.7 Å². The molecule has 1 saturated heterocycles. The maximum absolute atomic E-state index is 13.1. The third-order valence-electron chi connectivity index (χ3n) is 6.11. The summed E-state index contributed by atoms with van der Waals surface area (Å²) in [5.41, 5.74) is 1.54. The number of amides is 1. The molecule has 178 valence electrons. The van der Waals surface area contributed by atoms with Crippen LogP contribution < -0.4 is 4.74 Å². The Bertz CT molecular complexity index is 996. The van der Waals surface area contributed by atoms with Gasteiger partial charge in [-0.1, -0.05) is 33.3 Å². The lowest BCUT2D eigenvalue weighted by atomic mass is 9.98. The minimum absolute atomic E-state index is 0.139. The number of aryl methyl sites for hydroxylation is 1. The molecule has 1 atom stereocenters. The van der Waals surface area contributed by atoms with Crippen LogP contribution in [0.4, 0.5) is 0 Å². The molecule has 0 spiro atoms. The molecule has 1 amide bonds. The topological polar surface area (TPSA) is 70.1 Å². The minimum atomic E-state index is -0.633. The first-order valence-corrected chi connectivity index (χ1v) is 12.6. The number of aliphatic hydroxyl groups excluding tert-OH is 1. The van der Waals surface area contributed by atoms with Crippen LogP contribution in [0.5, 0.6) is 5.75 Å². The van der Waals surface area contributed by atoms with Gasteiger partial charge in [-0.3, -0.25) is 9.59 Å². The lowest BCUT2D eigenvalue weighted by molar-refractivity contribution is -0.140. The van der Waals surface area contributed by atoms with E-state index in [-0.39, 0.29) is 11.3 Å². The number of hydrogen-bond acceptors (Lipinski definition) is 6. The molecule has 0 unspecified atom stereocenters. The monoisotopic (exact) mass is 470 g/mol. The number of aliphatic hydroxyl groups is 1. The highest BCUT2D eigenvalue weighted by atomic mass is 32.1. The summed E-state index contributed by atoms with van der Waals surface area (Å²) in [6.07, 6.45) is 2.02. The number of Topliss-reactive ketones (excluding diaryl/α,β-unsaturated/α-hetero) is 1. The number of carbonyl (C=O) groups is 2. The summed E-state index contributed by atoms with van der Waals surface area (Å²) >= 11 is 1.48. The predicted molar refractivity (Wildman–Crippen MR) is 133 cm³/mol. The van der Waals surface area contributed by atoms with Crippen molar-refractivity contribution in [1.29, 1.82) is 0 Å². The molecule has 1 N–H and O–H groups in total. The molecule has 1 aromatic carbocycles. The van der Waals surface area contributed by atoms with Crippen molar-refractivity contribution in [3.8, 4) is 5.75 Å². The summed E-state index contributed by atoms with van der Waals surface area (Å²) < 4.78 is 5.82. The van der Waals surface area contributed by atoms with E-state index in [9.17, 15) is 14.7 Å². The van der Waals surface area contributed by atoms with E-state index in [1.54, 1.807) is 11.0 Å². The zero-order valence-corrected chi connectivity index (χ0v) is 20.8. The van der Waals surface area contributed by atoms with Crippen molar-refractivity contribution in [3.05, 3.63) is 57.3 Å². The fourth-order valence-electron chi connectivity index (χ4n) is 4.08. The maximum atomic E-state index is 13.1. The number of benzene rings is 1. The fraction of sp³-hybridized carbons (Fsp3) is 0.462. The Kier molecular flexibility index (Phi) is 8.69. The van der Waals surface area contributed by atoms with Gasteiger partial charge in [0.15, 0.2) is 0 Å². The molecule has 0 radical (unpaired) electrons. The number of ether oxygens (including phenoxy) is 1. The summed E-state index contributed by atoms with van der Waals surface area (Å²) in [5.74, 6) is -0.570. The Labute approximate surface area is 200 Å². The van der Waals surface area contributed by atoms with E-state index in [0.29, 0.717) is 25.3 Å². The second-order valence-electron chi connectivity index (χ2n) is 8.22. The van der Waals surface area contributed by atoms with Gasteiger partial charge in [0.2, 0.25) is 0 Å². The van der Waals surface area contributed by atoms with Crippen molar-refractivity contribution in [2.45, 2.75) is 46.6 Å². The van der Waals surface area contributed by atoms with E-state index in [1.165, 1.54) is 11.3 Å². The number of hydrogen-bond donors (Lipinski definition) is 1. The van der Waals surface area contributed by atoms with Gasteiger partial charge in [-0.05, 0) is 61.6 Å². The van der Waals surface area contributed by atoms with Gasteiger partial charge in [0.05, 0.1) is 18.2 Å². The van der Waals surface area contributed by atoms with Crippen molar-refractivity contribution in [2.24, 2.45) is 0 Å². The summed E-state index contributed by atoms with van der Waals surface area (Å²) in [6.45, 7) is 11.7. The van der Waals surface area contributed by atoms with E-state index in [4.69, 9.17) is 4.74 Å². The van der Waals surface area contributed by atoms with Gasteiger partial charge in [0.1, 0.15) is 11.5 Å². The van der Waals surface area contributed by atoms with Crippen LogP contribution in [0.25, 0.3) is 5.76 Å². The number of likely N-dealkylation sites (N-methyl/N-ethyl adjacent to an activating group) is 1. The summed E-state index contributed by atoms with van der Waals surface area (Å²) in [5, 5.41) is 13.2. The molecule has 6 nitrogen and oxygen atoms in total. The van der Waals surface area contributed by atoms with Crippen LogP contribution in [0.2, 0.25) is 0 Å². The smallest absolute Gasteiger partial charge is 0.295 e. The largest absolute Gasteiger partial charge is 0.507 e. The number of likely N-dealkylation sites (tertiary alicyclic amines) is 1. The lowest BCUT2D eigenvalue weighted by Crippen LogP contribution is -2.37. The number of unbranched alkanes of at least 4 members (excludes halogenated alkanes) is 1. The highest BCUT2D eigenvalue weighted by Gasteiger charge is 2.46. The van der Waals surface area contributed by atoms with Gasteiger partial charge >= 0.3 is 0 Å². The molecule has 1 aliphatic heterocycles. The lowest BCUT2D eigenvalue weighted by Gasteiger charge is -2.27. The van der Waals surface area contributed by atoms with Crippen LogP contribution in [0, 0.1) is 6.92 Å². The standard InChI is InChI=1S/C26H34N2O4S/c1-5-8-15-32-20-12-11-19(17-18(20)4)24(29)22-23(21-10-9-16-33-21)28(26(31)25(22)30)14-13-27(6-2)7-3/h9-12,16-17,23,29H,5-8,13-15H2,1-4H3/t23-/m1/s1. The van der Waals surface area contributed by atoms with Crippen molar-refractivity contribution < 1.29 is 19.4 Å². The van der Waals surface area contributed by atoms with Crippen LogP contribution >= 0.6 is 11.3 Å². The van der Waals surface area contributed by atoms with E-state index in [2.05, 4.69) is 25.7 Å². The molecule has 2 aromatic rings. The number of rotatable bonds is 11. The molecule has 1 aliphatic rings. The molecule has 3 rings (SSSR count). The van der Waals surface area contributed by atoms with E-state index in [0.717, 1.165) is 42.1 Å². The molecule has 33 heavy (non-hydrogen) atoms. The SMILES string of the molecule is CCCCOc1ccc(C(O)=C2C(=O)C(=O)N(CCN(CC)CC)[C@@H]2c2cccs2)cc1C. The highest BCUT2D eigenvalue weighted by Crippen LogP contribution is 2.41. The molecule has 1 aromatic heterocycles. The molecule has 0 aliphatic carbocycles. The van der Waals surface area contributed by atoms with Gasteiger partial charge in [0, 0.05) is 23.5 Å². The summed E-state index contributed by atoms with van der Waals surface area (Å²) in [6, 6.07) is 8.60. The number of ketones is 1. The maximum Gasteiger partial charge on any atom is 0.295 e. The number of thiophene rings is 1. The normalized spacial score (nSPS) is 17.8. The van der Waals surface area contributed by atoms with Crippen LogP contribution in [0.15, 0.2) is 41.3 Å². The predicted octanol–water partition coefficient (Wildman–Crippen LogP) is 5.00. The third-order valence-corrected chi connectivity index (χ3v) is 7.03. The van der Waals surface area contributed by atoms with Crippen molar-refractivity contribution in [2.75, 3.05) is 32.8 Å². The van der Waals surface area contributed by atoms with Crippen molar-refractivity contribution >= 4 is 28.8 Å². The zero-order chi connectivity index (χ0) is 24.0. The van der Waals surface area contributed by atoms with Crippen LogP contribution in [-0.2, 0) is 9.59 Å². The van der Waals surface area contributed by atoms with Crippen LogP contribution in [0.3, 0.4) is 0 Å². The summed E-state index contributed by atoms with van der Waals surface area (Å²) in [7, 11) is 0. The van der Waals surface area contributed by atoms with E-state index < -0.39 is 17.7 Å². The Morgan fingerprint density at radius 2 is 1.94 bits per heavy atom. The van der Waals surface area contributed by atoms with Gasteiger partial charge in [-0.25, -0.2) is 0 Å². The first-order valence-electron chi connectivity index (χ1n) is 11.7. The highest BCUT2D eigenvalue weighted by molar-refractivity contribution is 7.10. The third kappa shape index (κ3) is 5.47. The first-order chi connectivity index (χ1) is 15.9. The fourth-order valence-corrected chi connectivity index (χ4v) is 4.93. The molecule has 0 saturated carbocycles. The molecular weight excluding hydrogens is 436 g/mol. The van der Waals surface area contributed by atoms with Gasteiger partial charge in [-0.2, -0.15) is 0 Å². The molecular formula is C26H34N2O4S. The zero-order valence-electron chi connectivity index (χ0n) is 20.0. The van der Waals surface area contributed by atoms with Gasteiger partial charge < -0.3 is 19.6 Å². The molecule has 7 heteroatoms. The molecule has 2 heterocycles. The summed E-state index contributed by atoms with van der Waals surface area (Å²) in [4.78, 5) is 30.8. The Balaban J connectivity index is 1.97. The van der Waals surface area contributed by atoms with E-state index >= 15 is 0 Å². The number of carbonyl (C=O) groups excluding carboxylic acids is 2. The Morgan fingerprint density at radius 1 is 1.18 bits per heavy atom. The first kappa shape index (κ1) is 25.0. The Morgan fingerprint density at radius 3 is 2.55 bits per heavy atom. The second-order valence-corrected chi connectivity index (χ2v) is 9.20. The average molecular weight is 471 g/mol. The average Bonchev–Trinajstić information content (AvgIpc) is 3.43. The van der Waals surface area contributed by atoms with Gasteiger partial charge in [0.25, 0.3) is 11.7 Å². The Hall–Kier alpha value is -2.64. The van der Waals surface area contributed by atoms with Gasteiger partial charge in [-0.15, -0.1) is 11.3 Å². The molecule has 1 fully saturated rings. The second kappa shape index (κ2) is 11.5. The van der Waals surface area contributed by atoms with E-state index in [1.807, 2.05) is 36.6 Å². The number of nitrogens with zero attached hydrogens (tertiary/aromatic N) is 2. The van der Waals surface area contributed by atoms with Crippen molar-refractivity contribution in [3.63, 3.8) is 0 Å². The molecule has 0 bridgehead atoms. The van der Waals surface area contributed by atoms with Crippen LogP contribution in [-0.4, -0.2) is 59.4 Å². The quantitative estimate of drug-likeness (QED) is 0.217. The minimum Gasteiger partial charge on any atom is -0.507 e.